The second-order valence-corrected chi connectivity index (χ2v) is 4.15. The Hall–Kier alpha value is -2.01. The van der Waals surface area contributed by atoms with Gasteiger partial charge in [-0.25, -0.2) is 4.68 Å². The molecule has 0 amide bonds. The van der Waals surface area contributed by atoms with Gasteiger partial charge in [0.1, 0.15) is 12.3 Å². The summed E-state index contributed by atoms with van der Waals surface area (Å²) in [6, 6.07) is 9.42. The fourth-order valence-electron chi connectivity index (χ4n) is 1.50. The number of carbonyl (C=O) groups is 1. The van der Waals surface area contributed by atoms with Crippen LogP contribution < -0.4 is 0 Å². The van der Waals surface area contributed by atoms with Gasteiger partial charge in [0.05, 0.1) is 18.0 Å². The van der Waals surface area contributed by atoms with Crippen LogP contribution in [0.15, 0.2) is 36.5 Å². The molecule has 0 atom stereocenters. The molecular formula is C13H15N3O2. The molecular weight excluding hydrogens is 230 g/mol. The Bertz CT molecular complexity index is 520. The molecule has 1 aromatic carbocycles. The maximum absolute atomic E-state index is 12.0. The van der Waals surface area contributed by atoms with Crippen LogP contribution in [0, 0.1) is 0 Å². The van der Waals surface area contributed by atoms with Crippen molar-refractivity contribution >= 4 is 5.78 Å². The molecule has 18 heavy (non-hydrogen) atoms. The molecule has 94 valence electrons. The van der Waals surface area contributed by atoms with Crippen molar-refractivity contribution in [3.8, 4) is 5.69 Å². The van der Waals surface area contributed by atoms with Crippen LogP contribution in [0.2, 0.25) is 0 Å². The number of ketones is 1. The van der Waals surface area contributed by atoms with E-state index in [1.165, 1.54) is 10.9 Å². The van der Waals surface area contributed by atoms with Crippen LogP contribution >= 0.6 is 0 Å². The van der Waals surface area contributed by atoms with E-state index in [1.807, 2.05) is 44.2 Å². The van der Waals surface area contributed by atoms with Crippen molar-refractivity contribution in [1.82, 2.24) is 15.0 Å². The molecule has 0 spiro atoms. The van der Waals surface area contributed by atoms with Crippen molar-refractivity contribution in [2.45, 2.75) is 20.0 Å². The van der Waals surface area contributed by atoms with Gasteiger partial charge in [-0.15, -0.1) is 5.10 Å². The summed E-state index contributed by atoms with van der Waals surface area (Å²) in [5, 5.41) is 7.71. The lowest BCUT2D eigenvalue weighted by Crippen LogP contribution is -2.17. The molecule has 0 fully saturated rings. The van der Waals surface area contributed by atoms with E-state index in [4.69, 9.17) is 4.74 Å². The maximum Gasteiger partial charge on any atom is 0.208 e. The predicted octanol–water partition coefficient (Wildman–Crippen LogP) is 1.88. The Labute approximate surface area is 105 Å². The van der Waals surface area contributed by atoms with Gasteiger partial charge in [-0.1, -0.05) is 23.4 Å². The summed E-state index contributed by atoms with van der Waals surface area (Å²) < 4.78 is 6.82. The van der Waals surface area contributed by atoms with E-state index in [1.54, 1.807) is 0 Å². The summed E-state index contributed by atoms with van der Waals surface area (Å²) in [4.78, 5) is 12.0. The van der Waals surface area contributed by atoms with Gasteiger partial charge in [0.25, 0.3) is 0 Å². The molecule has 0 aliphatic carbocycles. The minimum atomic E-state index is -0.127. The number of Topliss-reactive ketones (excluding diaryl/α,β-unsaturated/α-hetero) is 1. The van der Waals surface area contributed by atoms with E-state index in [-0.39, 0.29) is 18.5 Å². The number of aromatic nitrogens is 3. The topological polar surface area (TPSA) is 57.0 Å². The molecule has 5 nitrogen and oxygen atoms in total. The molecule has 0 N–H and O–H groups in total. The number of hydrogen-bond donors (Lipinski definition) is 0. The van der Waals surface area contributed by atoms with Crippen LogP contribution in [-0.2, 0) is 4.74 Å². The van der Waals surface area contributed by atoms with Gasteiger partial charge < -0.3 is 4.74 Å². The highest BCUT2D eigenvalue weighted by Crippen LogP contribution is 2.09. The van der Waals surface area contributed by atoms with E-state index in [0.717, 1.165) is 5.69 Å². The van der Waals surface area contributed by atoms with Crippen molar-refractivity contribution in [2.75, 3.05) is 6.61 Å². The Balaban J connectivity index is 2.20. The molecule has 2 rings (SSSR count). The Morgan fingerprint density at radius 2 is 2.06 bits per heavy atom. The molecule has 2 aromatic rings. The third kappa shape index (κ3) is 2.81. The summed E-state index contributed by atoms with van der Waals surface area (Å²) in [5.41, 5.74) is 1.24. The monoisotopic (exact) mass is 245 g/mol. The lowest BCUT2D eigenvalue weighted by atomic mass is 10.2. The predicted molar refractivity (Wildman–Crippen MR) is 66.8 cm³/mol. The Kier molecular flexibility index (Phi) is 3.84. The standard InChI is InChI=1S/C13H15N3O2/c1-10(2)18-9-13(17)12-8-14-15-16(12)11-6-4-3-5-7-11/h3-8,10H,9H2,1-2H3. The smallest absolute Gasteiger partial charge is 0.208 e. The number of benzene rings is 1. The lowest BCUT2D eigenvalue weighted by Gasteiger charge is -2.07. The molecule has 0 saturated heterocycles. The van der Waals surface area contributed by atoms with E-state index >= 15 is 0 Å². The highest BCUT2D eigenvalue weighted by atomic mass is 16.5. The molecule has 0 aliphatic heterocycles. The number of nitrogens with zero attached hydrogens (tertiary/aromatic N) is 3. The molecule has 1 heterocycles. The number of hydrogen-bond acceptors (Lipinski definition) is 4. The van der Waals surface area contributed by atoms with E-state index < -0.39 is 0 Å². The summed E-state index contributed by atoms with van der Waals surface area (Å²) >= 11 is 0. The normalized spacial score (nSPS) is 10.8. The van der Waals surface area contributed by atoms with Gasteiger partial charge in [-0.05, 0) is 26.0 Å². The molecule has 0 bridgehead atoms. The second-order valence-electron chi connectivity index (χ2n) is 4.15. The minimum Gasteiger partial charge on any atom is -0.371 e. The first-order chi connectivity index (χ1) is 8.68. The van der Waals surface area contributed by atoms with Gasteiger partial charge in [0, 0.05) is 0 Å². The number of para-hydroxylation sites is 1. The van der Waals surface area contributed by atoms with Crippen molar-refractivity contribution in [3.63, 3.8) is 0 Å². The highest BCUT2D eigenvalue weighted by Gasteiger charge is 2.14. The molecule has 5 heteroatoms. The first kappa shape index (κ1) is 12.4. The first-order valence-electron chi connectivity index (χ1n) is 5.79. The fourth-order valence-corrected chi connectivity index (χ4v) is 1.50. The van der Waals surface area contributed by atoms with Crippen molar-refractivity contribution < 1.29 is 9.53 Å². The third-order valence-corrected chi connectivity index (χ3v) is 2.38. The van der Waals surface area contributed by atoms with Gasteiger partial charge in [-0.2, -0.15) is 0 Å². The second kappa shape index (κ2) is 5.55. The molecule has 0 unspecified atom stereocenters. The van der Waals surface area contributed by atoms with Crippen molar-refractivity contribution in [3.05, 3.63) is 42.2 Å². The van der Waals surface area contributed by atoms with Crippen LogP contribution in [0.3, 0.4) is 0 Å². The third-order valence-electron chi connectivity index (χ3n) is 2.38. The van der Waals surface area contributed by atoms with Gasteiger partial charge >= 0.3 is 0 Å². The summed E-state index contributed by atoms with van der Waals surface area (Å²) in [7, 11) is 0. The molecule has 0 aliphatic rings. The molecule has 0 saturated carbocycles. The van der Waals surface area contributed by atoms with Crippen molar-refractivity contribution in [1.29, 1.82) is 0 Å². The number of carbonyl (C=O) groups excluding carboxylic acids is 1. The molecule has 1 aromatic heterocycles. The summed E-state index contributed by atoms with van der Waals surface area (Å²) in [6.45, 7) is 3.82. The number of rotatable bonds is 5. The fraction of sp³-hybridized carbons (Fsp3) is 0.308. The average Bonchev–Trinajstić information content (AvgIpc) is 2.86. The lowest BCUT2D eigenvalue weighted by molar-refractivity contribution is 0.0578. The van der Waals surface area contributed by atoms with Crippen LogP contribution in [0.1, 0.15) is 24.3 Å². The van der Waals surface area contributed by atoms with E-state index in [0.29, 0.717) is 5.69 Å². The van der Waals surface area contributed by atoms with E-state index in [9.17, 15) is 4.79 Å². The molecule has 0 radical (unpaired) electrons. The van der Waals surface area contributed by atoms with Crippen LogP contribution in [0.25, 0.3) is 5.69 Å². The van der Waals surface area contributed by atoms with Gasteiger partial charge in [0.15, 0.2) is 0 Å². The minimum absolute atomic E-state index is 0.0232. The van der Waals surface area contributed by atoms with E-state index in [2.05, 4.69) is 10.3 Å². The summed E-state index contributed by atoms with van der Waals surface area (Å²) in [6.07, 6.45) is 1.48. The number of ether oxygens (including phenoxy) is 1. The average molecular weight is 245 g/mol. The zero-order valence-electron chi connectivity index (χ0n) is 10.4. The van der Waals surface area contributed by atoms with Gasteiger partial charge in [-0.3, -0.25) is 4.79 Å². The zero-order chi connectivity index (χ0) is 13.0. The Morgan fingerprint density at radius 3 is 2.72 bits per heavy atom. The maximum atomic E-state index is 12.0. The van der Waals surface area contributed by atoms with Crippen LogP contribution in [-0.4, -0.2) is 33.5 Å². The zero-order valence-corrected chi connectivity index (χ0v) is 10.4. The first-order valence-corrected chi connectivity index (χ1v) is 5.79. The van der Waals surface area contributed by atoms with Crippen LogP contribution in [0.4, 0.5) is 0 Å². The van der Waals surface area contributed by atoms with Crippen molar-refractivity contribution in [2.24, 2.45) is 0 Å². The SMILES string of the molecule is CC(C)OCC(=O)c1cnnn1-c1ccccc1. The van der Waals surface area contributed by atoms with Crippen LogP contribution in [0.5, 0.6) is 0 Å². The van der Waals surface area contributed by atoms with Gasteiger partial charge in [0.2, 0.25) is 5.78 Å². The highest BCUT2D eigenvalue weighted by molar-refractivity contribution is 5.95. The summed E-state index contributed by atoms with van der Waals surface area (Å²) in [5.74, 6) is -0.127. The Morgan fingerprint density at radius 1 is 1.33 bits per heavy atom. The quantitative estimate of drug-likeness (QED) is 0.755. The largest absolute Gasteiger partial charge is 0.371 e.